The number of morpholine rings is 2. The Bertz CT molecular complexity index is 2420. The summed E-state index contributed by atoms with van der Waals surface area (Å²) in [6.45, 7) is 22.7. The molecular weight excluding hydrogens is 1140 g/mol. The van der Waals surface area contributed by atoms with Gasteiger partial charge >= 0.3 is 12.2 Å². The zero-order valence-electron chi connectivity index (χ0n) is 45.8. The fraction of sp³-hybridized carbons (Fsp3) is 0.673. The number of rotatable bonds is 14. The van der Waals surface area contributed by atoms with E-state index in [1.165, 1.54) is 12.1 Å². The van der Waals surface area contributed by atoms with Crippen LogP contribution in [0.1, 0.15) is 98.5 Å². The molecule has 6 heterocycles. The smallest absolute Gasteiger partial charge is 0.410 e. The van der Waals surface area contributed by atoms with Crippen LogP contribution in [0.15, 0.2) is 74.8 Å². The first-order valence-electron chi connectivity index (χ1n) is 26.9. The number of halogens is 2. The Morgan fingerprint density at radius 1 is 0.649 bits per heavy atom. The van der Waals surface area contributed by atoms with Crippen LogP contribution >= 0.6 is 31.9 Å². The van der Waals surface area contributed by atoms with Gasteiger partial charge in [0.05, 0.1) is 74.4 Å². The first-order valence-corrected chi connectivity index (χ1v) is 29.9. The highest BCUT2D eigenvalue weighted by molar-refractivity contribution is 9.10. The molecule has 6 fully saturated rings. The number of hydrogen-bond acceptors (Lipinski definition) is 17. The zero-order chi connectivity index (χ0) is 55.3. The van der Waals surface area contributed by atoms with E-state index in [4.69, 9.17) is 42.1 Å². The third-order valence-corrected chi connectivity index (χ3v) is 16.2. The minimum absolute atomic E-state index is 0.00744. The van der Waals surface area contributed by atoms with Gasteiger partial charge in [0.15, 0.2) is 0 Å². The van der Waals surface area contributed by atoms with Crippen LogP contribution in [0, 0.1) is 6.92 Å². The highest BCUT2D eigenvalue weighted by Gasteiger charge is 2.43. The predicted octanol–water partition coefficient (Wildman–Crippen LogP) is 8.73. The van der Waals surface area contributed by atoms with Crippen LogP contribution in [0.4, 0.5) is 9.59 Å². The summed E-state index contributed by atoms with van der Waals surface area (Å²) in [6.07, 6.45) is 10.7. The van der Waals surface area contributed by atoms with E-state index in [-0.39, 0.29) is 65.9 Å². The van der Waals surface area contributed by atoms with Crippen molar-refractivity contribution in [2.45, 2.75) is 152 Å². The van der Waals surface area contributed by atoms with Crippen LogP contribution in [-0.2, 0) is 42.7 Å². The van der Waals surface area contributed by atoms with E-state index in [1.54, 1.807) is 29.4 Å². The minimum atomic E-state index is -3.74. The van der Waals surface area contributed by atoms with Gasteiger partial charge in [-0.25, -0.2) is 19.6 Å². The van der Waals surface area contributed by atoms with Crippen molar-refractivity contribution in [1.82, 2.24) is 30.0 Å². The molecule has 428 valence electrons. The first kappa shape index (κ1) is 60.9. The molecule has 2 aromatic heterocycles. The number of pyridine rings is 2. The number of ether oxygens (including phenoxy) is 8. The third kappa shape index (κ3) is 19.8. The van der Waals surface area contributed by atoms with E-state index in [2.05, 4.69) is 52.0 Å². The van der Waals surface area contributed by atoms with Gasteiger partial charge in [-0.05, 0) is 143 Å². The normalized spacial score (nSPS) is 23.2. The lowest BCUT2D eigenvalue weighted by molar-refractivity contribution is -0.135. The van der Waals surface area contributed by atoms with Gasteiger partial charge in [-0.3, -0.25) is 4.18 Å². The molecule has 22 heteroatoms. The lowest BCUT2D eigenvalue weighted by atomic mass is 9.89. The van der Waals surface area contributed by atoms with Gasteiger partial charge in [0.1, 0.15) is 23.4 Å². The molecule has 0 bridgehead atoms. The summed E-state index contributed by atoms with van der Waals surface area (Å²) in [4.78, 5) is 39.2. The Kier molecular flexibility index (Phi) is 21.9. The van der Waals surface area contributed by atoms with Crippen molar-refractivity contribution in [3.05, 3.63) is 75.4 Å². The van der Waals surface area contributed by atoms with Gasteiger partial charge in [0, 0.05) is 91.9 Å². The lowest BCUT2D eigenvalue weighted by Crippen LogP contribution is -2.58. The predicted molar refractivity (Wildman–Crippen MR) is 296 cm³/mol. The summed E-state index contributed by atoms with van der Waals surface area (Å²) in [6, 6.07) is 14.0. The molecule has 3 aromatic rings. The number of piperidine rings is 2. The van der Waals surface area contributed by atoms with E-state index in [0.29, 0.717) is 51.2 Å². The second-order valence-electron chi connectivity index (χ2n) is 22.6. The van der Waals surface area contributed by atoms with Crippen molar-refractivity contribution in [3.8, 4) is 11.8 Å². The fourth-order valence-electron chi connectivity index (χ4n) is 9.51. The number of nitrogens with one attached hydrogen (secondary N) is 1. The number of aryl methyl sites for hydroxylation is 1. The highest BCUT2D eigenvalue weighted by Crippen LogP contribution is 2.33. The van der Waals surface area contributed by atoms with Crippen molar-refractivity contribution in [3.63, 3.8) is 0 Å². The van der Waals surface area contributed by atoms with Crippen LogP contribution in [0.3, 0.4) is 0 Å². The second kappa shape index (κ2) is 27.6. The lowest BCUT2D eigenvalue weighted by Gasteiger charge is -2.47. The maximum Gasteiger partial charge on any atom is 0.410 e. The largest absolute Gasteiger partial charge is 0.474 e. The molecule has 1 N–H and O–H groups in total. The molecule has 2 amide bonds. The van der Waals surface area contributed by atoms with Crippen LogP contribution in [0.25, 0.3) is 0 Å². The van der Waals surface area contributed by atoms with Gasteiger partial charge in [0.25, 0.3) is 10.1 Å². The van der Waals surface area contributed by atoms with Gasteiger partial charge in [-0.2, -0.15) is 8.42 Å². The summed E-state index contributed by atoms with van der Waals surface area (Å²) < 4.78 is 77.3. The summed E-state index contributed by atoms with van der Waals surface area (Å²) in [5.41, 5.74) is -0.315. The van der Waals surface area contributed by atoms with Gasteiger partial charge in [-0.1, -0.05) is 17.7 Å². The van der Waals surface area contributed by atoms with Crippen LogP contribution < -0.4 is 14.8 Å². The van der Waals surface area contributed by atoms with Crippen molar-refractivity contribution in [2.75, 3.05) is 91.9 Å². The molecule has 4 aliphatic heterocycles. The SMILES string of the molecule is CC(C)(C)OC(=O)N1CCOC2(CCN(CCOC3CC(Oc4ccc(Br)cn4)C3)CC2)C1.CC(C)(C)OC(=O)N1CCOC2(CCNCC2)C1.Cc1ccc(S(=O)(=O)OCCOC2CC(Oc3ccc(Br)cn3)C2)cc1. The minimum Gasteiger partial charge on any atom is -0.474 e. The molecule has 2 saturated carbocycles. The quantitative estimate of drug-likeness (QED) is 0.119. The van der Waals surface area contributed by atoms with E-state index in [9.17, 15) is 18.0 Å². The van der Waals surface area contributed by atoms with Crippen molar-refractivity contribution < 1.29 is 60.1 Å². The first-order chi connectivity index (χ1) is 36.5. The summed E-state index contributed by atoms with van der Waals surface area (Å²) >= 11 is 6.71. The molecule has 6 aliphatic rings. The molecule has 0 unspecified atom stereocenters. The average Bonchev–Trinajstić information content (AvgIpc) is 3.35. The third-order valence-electron chi connectivity index (χ3n) is 13.9. The van der Waals surface area contributed by atoms with Gasteiger partial charge in [-0.15, -0.1) is 0 Å². The number of nitrogens with zero attached hydrogens (tertiary/aromatic N) is 5. The number of benzene rings is 1. The van der Waals surface area contributed by atoms with Gasteiger partial charge < -0.3 is 57.9 Å². The van der Waals surface area contributed by atoms with E-state index < -0.39 is 21.3 Å². The molecule has 19 nitrogen and oxygen atoms in total. The molecule has 2 aliphatic carbocycles. The molecule has 1 aromatic carbocycles. The number of amides is 2. The fourth-order valence-corrected chi connectivity index (χ4v) is 10.9. The maximum atomic E-state index is 12.5. The average molecular weight is 1230 g/mol. The highest BCUT2D eigenvalue weighted by atomic mass is 79.9. The van der Waals surface area contributed by atoms with Crippen molar-refractivity contribution >= 4 is 54.2 Å². The monoisotopic (exact) mass is 1220 g/mol. The van der Waals surface area contributed by atoms with Crippen LogP contribution in [0.2, 0.25) is 0 Å². The maximum absolute atomic E-state index is 12.5. The number of carbonyl (C=O) groups is 2. The Balaban J connectivity index is 0.000000175. The Hall–Kier alpha value is -3.71. The van der Waals surface area contributed by atoms with Crippen LogP contribution in [0.5, 0.6) is 11.8 Å². The second-order valence-corrected chi connectivity index (χ2v) is 26.0. The molecular formula is C55H80Br2N6O13S. The standard InChI is InChI=1S/C24H36BrN3O5.C18H20BrNO5S.C13H24N2O3/c1-23(2,3)33-22(29)28-11-13-31-24(17-28)6-8-27(9-7-24)10-12-30-19-14-20(15-19)32-21-5-4-18(25)16-26-21;1-13-2-5-17(6-3-13)26(21,22)24-9-8-23-15-10-16(11-15)25-18-7-4-14(19)12-20-18;1-12(2,3)18-11(16)15-8-9-17-13(10-15)4-6-14-7-5-13/h4-5,16,19-20H,6-15,17H2,1-3H3;2-7,12,15-16H,8-11H2,1H3;14H,4-10H2,1-3H3. The zero-order valence-corrected chi connectivity index (χ0v) is 49.8. The van der Waals surface area contributed by atoms with Crippen LogP contribution in [-0.4, -0.2) is 184 Å². The van der Waals surface area contributed by atoms with E-state index in [0.717, 1.165) is 105 Å². The number of carbonyl (C=O) groups excluding carboxylic acids is 2. The van der Waals surface area contributed by atoms with E-state index in [1.807, 2.05) is 77.6 Å². The van der Waals surface area contributed by atoms with Crippen molar-refractivity contribution in [2.24, 2.45) is 0 Å². The summed E-state index contributed by atoms with van der Waals surface area (Å²) in [5, 5.41) is 3.32. The molecule has 77 heavy (non-hydrogen) atoms. The Morgan fingerprint density at radius 3 is 1.57 bits per heavy atom. The number of likely N-dealkylation sites (tertiary alicyclic amines) is 1. The summed E-state index contributed by atoms with van der Waals surface area (Å²) in [7, 11) is -3.74. The molecule has 9 rings (SSSR count). The van der Waals surface area contributed by atoms with Crippen molar-refractivity contribution in [1.29, 1.82) is 0 Å². The number of aromatic nitrogens is 2. The summed E-state index contributed by atoms with van der Waals surface area (Å²) in [5.74, 6) is 1.25. The van der Waals surface area contributed by atoms with Gasteiger partial charge in [0.2, 0.25) is 11.8 Å². The van der Waals surface area contributed by atoms with E-state index >= 15 is 0 Å². The molecule has 0 atom stereocenters. The number of hydrogen-bond donors (Lipinski definition) is 1. The molecule has 4 saturated heterocycles. The Morgan fingerprint density at radius 2 is 1.12 bits per heavy atom. The molecule has 2 spiro atoms. The Labute approximate surface area is 472 Å². The molecule has 0 radical (unpaired) electrons. The topological polar surface area (TPSA) is 199 Å².